The van der Waals surface area contributed by atoms with E-state index in [-0.39, 0.29) is 0 Å². The van der Waals surface area contributed by atoms with Crippen molar-refractivity contribution in [3.8, 4) is 0 Å². The van der Waals surface area contributed by atoms with Crippen LogP contribution in [-0.2, 0) is 12.8 Å². The van der Waals surface area contributed by atoms with Gasteiger partial charge in [0, 0.05) is 36.4 Å². The van der Waals surface area contributed by atoms with Crippen molar-refractivity contribution in [2.45, 2.75) is 25.3 Å². The molecule has 1 aromatic rings. The van der Waals surface area contributed by atoms with Crippen LogP contribution in [0.4, 0.5) is 5.82 Å². The second-order valence-corrected chi connectivity index (χ2v) is 6.18. The minimum absolute atomic E-state index is 0.377. The fraction of sp³-hybridized carbons (Fsp3) is 0.692. The number of hydrogen-bond acceptors (Lipinski definition) is 5. The summed E-state index contributed by atoms with van der Waals surface area (Å²) in [4.78, 5) is 12.0. The van der Waals surface area contributed by atoms with Gasteiger partial charge in [0.05, 0.1) is 6.04 Å². The van der Waals surface area contributed by atoms with Crippen molar-refractivity contribution in [1.29, 1.82) is 0 Å². The van der Waals surface area contributed by atoms with E-state index >= 15 is 0 Å². The van der Waals surface area contributed by atoms with Crippen LogP contribution in [0.5, 0.6) is 0 Å². The third-order valence-corrected chi connectivity index (χ3v) is 4.90. The number of nitrogens with zero attached hydrogens (tertiary/aromatic N) is 3. The van der Waals surface area contributed by atoms with Crippen LogP contribution in [0.3, 0.4) is 0 Å². The number of fused-ring (bicyclic) bond motifs is 1. The van der Waals surface area contributed by atoms with E-state index in [9.17, 15) is 0 Å². The highest BCUT2D eigenvalue weighted by atomic mass is 32.2. The molecular weight excluding hydrogens is 244 g/mol. The highest BCUT2D eigenvalue weighted by Gasteiger charge is 2.27. The van der Waals surface area contributed by atoms with Crippen LogP contribution >= 0.6 is 11.8 Å². The number of anilines is 1. The van der Waals surface area contributed by atoms with E-state index in [0.717, 1.165) is 36.8 Å². The van der Waals surface area contributed by atoms with Crippen molar-refractivity contribution < 1.29 is 0 Å². The molecule has 98 valence electrons. The molecule has 18 heavy (non-hydrogen) atoms. The maximum atomic E-state index is 4.83. The number of rotatable bonds is 2. The molecule has 0 saturated carbocycles. The van der Waals surface area contributed by atoms with Gasteiger partial charge in [0.2, 0.25) is 0 Å². The average molecular weight is 264 g/mol. The standard InChI is InChI=1S/C13H20N4S/c1-14-12-9-4-3-5-10(9)15-13(16-12)11-8-18-7-6-17(11)2/h11H,3-8H2,1-2H3,(H,14,15,16). The molecule has 5 heteroatoms. The quantitative estimate of drug-likeness (QED) is 0.881. The number of thioether (sulfide) groups is 1. The van der Waals surface area contributed by atoms with Crippen molar-refractivity contribution in [2.24, 2.45) is 0 Å². The summed E-state index contributed by atoms with van der Waals surface area (Å²) in [5.41, 5.74) is 2.61. The molecular formula is C13H20N4S. The van der Waals surface area contributed by atoms with Gasteiger partial charge in [0.1, 0.15) is 11.6 Å². The Morgan fingerprint density at radius 3 is 3.00 bits per heavy atom. The van der Waals surface area contributed by atoms with E-state index in [1.54, 1.807) is 0 Å². The lowest BCUT2D eigenvalue weighted by atomic mass is 10.2. The summed E-state index contributed by atoms with van der Waals surface area (Å²) in [6.07, 6.45) is 3.46. The number of aryl methyl sites for hydroxylation is 1. The largest absolute Gasteiger partial charge is 0.373 e. The fourth-order valence-electron chi connectivity index (χ4n) is 2.77. The van der Waals surface area contributed by atoms with Crippen LogP contribution in [0.2, 0.25) is 0 Å². The van der Waals surface area contributed by atoms with E-state index in [2.05, 4.69) is 17.3 Å². The van der Waals surface area contributed by atoms with Crippen LogP contribution in [0.15, 0.2) is 0 Å². The Morgan fingerprint density at radius 1 is 1.33 bits per heavy atom. The maximum absolute atomic E-state index is 4.83. The van der Waals surface area contributed by atoms with E-state index in [4.69, 9.17) is 9.97 Å². The van der Waals surface area contributed by atoms with Crippen molar-refractivity contribution in [2.75, 3.05) is 37.5 Å². The molecule has 1 atom stereocenters. The van der Waals surface area contributed by atoms with Gasteiger partial charge in [0.25, 0.3) is 0 Å². The highest BCUT2D eigenvalue weighted by molar-refractivity contribution is 7.99. The first-order chi connectivity index (χ1) is 8.79. The summed E-state index contributed by atoms with van der Waals surface area (Å²) in [5, 5.41) is 3.25. The van der Waals surface area contributed by atoms with Gasteiger partial charge >= 0.3 is 0 Å². The maximum Gasteiger partial charge on any atom is 0.148 e. The first-order valence-electron chi connectivity index (χ1n) is 6.65. The molecule has 3 rings (SSSR count). The van der Waals surface area contributed by atoms with Gasteiger partial charge in [-0.05, 0) is 26.3 Å². The monoisotopic (exact) mass is 264 g/mol. The molecule has 2 heterocycles. The zero-order valence-corrected chi connectivity index (χ0v) is 11.9. The predicted molar refractivity (Wildman–Crippen MR) is 76.3 cm³/mol. The Balaban J connectivity index is 1.97. The Kier molecular flexibility index (Phi) is 3.43. The summed E-state index contributed by atoms with van der Waals surface area (Å²) in [7, 11) is 4.14. The van der Waals surface area contributed by atoms with Gasteiger partial charge < -0.3 is 5.32 Å². The van der Waals surface area contributed by atoms with Crippen LogP contribution in [0, 0.1) is 0 Å². The number of aromatic nitrogens is 2. The lowest BCUT2D eigenvalue weighted by Gasteiger charge is -2.31. The molecule has 1 aromatic heterocycles. The van der Waals surface area contributed by atoms with E-state index < -0.39 is 0 Å². The molecule has 1 N–H and O–H groups in total. The molecule has 0 radical (unpaired) electrons. The Labute approximate surface area is 113 Å². The van der Waals surface area contributed by atoms with Crippen LogP contribution in [-0.4, -0.2) is 47.0 Å². The summed E-state index contributed by atoms with van der Waals surface area (Å²) in [6, 6.07) is 0.377. The molecule has 0 spiro atoms. The average Bonchev–Trinajstić information content (AvgIpc) is 2.86. The molecule has 1 saturated heterocycles. The summed E-state index contributed by atoms with van der Waals surface area (Å²) >= 11 is 2.01. The van der Waals surface area contributed by atoms with Crippen molar-refractivity contribution in [3.05, 3.63) is 17.1 Å². The van der Waals surface area contributed by atoms with Gasteiger partial charge in [-0.25, -0.2) is 9.97 Å². The van der Waals surface area contributed by atoms with E-state index in [1.807, 2.05) is 18.8 Å². The van der Waals surface area contributed by atoms with Crippen molar-refractivity contribution in [3.63, 3.8) is 0 Å². The smallest absolute Gasteiger partial charge is 0.148 e. The lowest BCUT2D eigenvalue weighted by molar-refractivity contribution is 0.264. The van der Waals surface area contributed by atoms with E-state index in [0.29, 0.717) is 6.04 Å². The molecule has 0 bridgehead atoms. The molecule has 1 fully saturated rings. The Hall–Kier alpha value is -0.810. The molecule has 1 aliphatic heterocycles. The molecule has 2 aliphatic rings. The normalized spacial score (nSPS) is 24.0. The molecule has 1 aliphatic carbocycles. The minimum Gasteiger partial charge on any atom is -0.373 e. The third kappa shape index (κ3) is 2.10. The fourth-order valence-corrected chi connectivity index (χ4v) is 3.98. The van der Waals surface area contributed by atoms with Gasteiger partial charge in [-0.2, -0.15) is 11.8 Å². The van der Waals surface area contributed by atoms with Gasteiger partial charge in [0.15, 0.2) is 0 Å². The minimum atomic E-state index is 0.377. The number of hydrogen-bond donors (Lipinski definition) is 1. The first-order valence-corrected chi connectivity index (χ1v) is 7.80. The zero-order chi connectivity index (χ0) is 12.5. The lowest BCUT2D eigenvalue weighted by Crippen LogP contribution is -2.34. The van der Waals surface area contributed by atoms with Crippen LogP contribution in [0.25, 0.3) is 0 Å². The van der Waals surface area contributed by atoms with Gasteiger partial charge in [-0.3, -0.25) is 4.90 Å². The van der Waals surface area contributed by atoms with Gasteiger partial charge in [-0.1, -0.05) is 0 Å². The SMILES string of the molecule is CNc1nc(C2CSCCN2C)nc2c1CCC2. The predicted octanol–water partition coefficient (Wildman–Crippen LogP) is 1.73. The van der Waals surface area contributed by atoms with E-state index in [1.165, 1.54) is 23.4 Å². The summed E-state index contributed by atoms with van der Waals surface area (Å²) in [5.74, 6) is 4.39. The molecule has 0 aromatic carbocycles. The third-order valence-electron chi connectivity index (χ3n) is 3.88. The van der Waals surface area contributed by atoms with Crippen molar-refractivity contribution >= 4 is 17.6 Å². The second-order valence-electron chi connectivity index (χ2n) is 5.03. The topological polar surface area (TPSA) is 41.1 Å². The van der Waals surface area contributed by atoms with Crippen molar-refractivity contribution in [1.82, 2.24) is 14.9 Å². The first kappa shape index (κ1) is 12.2. The second kappa shape index (κ2) is 5.05. The molecule has 1 unspecified atom stereocenters. The Morgan fingerprint density at radius 2 is 2.22 bits per heavy atom. The summed E-state index contributed by atoms with van der Waals surface area (Å²) < 4.78 is 0. The van der Waals surface area contributed by atoms with Crippen LogP contribution in [0.1, 0.15) is 29.5 Å². The number of nitrogens with one attached hydrogen (secondary N) is 1. The van der Waals surface area contributed by atoms with Gasteiger partial charge in [-0.15, -0.1) is 0 Å². The molecule has 0 amide bonds. The van der Waals surface area contributed by atoms with Crippen LogP contribution < -0.4 is 5.32 Å². The zero-order valence-electron chi connectivity index (χ0n) is 11.1. The highest BCUT2D eigenvalue weighted by Crippen LogP contribution is 2.31. The summed E-state index contributed by atoms with van der Waals surface area (Å²) in [6.45, 7) is 1.13. The molecule has 4 nitrogen and oxygen atoms in total. The Bertz CT molecular complexity index is 449.